The smallest absolute Gasteiger partial charge is 0.338 e. The molecule has 0 amide bonds. The Morgan fingerprint density at radius 3 is 1.87 bits per heavy atom. The van der Waals surface area contributed by atoms with Crippen molar-refractivity contribution in [2.75, 3.05) is 39.5 Å². The second-order valence-electron chi connectivity index (χ2n) is 9.47. The van der Waals surface area contributed by atoms with Crippen molar-refractivity contribution >= 4 is 23.9 Å². The van der Waals surface area contributed by atoms with Crippen molar-refractivity contribution < 1.29 is 47.6 Å². The van der Waals surface area contributed by atoms with Crippen LogP contribution in [0, 0.1) is 0 Å². The molecule has 39 heavy (non-hydrogen) atoms. The van der Waals surface area contributed by atoms with Gasteiger partial charge in [0, 0.05) is 25.0 Å². The zero-order valence-electron chi connectivity index (χ0n) is 22.4. The normalized spacial score (nSPS) is 19.1. The number of rotatable bonds is 13. The van der Waals surface area contributed by atoms with Crippen molar-refractivity contribution in [2.24, 2.45) is 0 Å². The molecule has 1 aromatic rings. The van der Waals surface area contributed by atoms with Crippen LogP contribution in [0.5, 0.6) is 0 Å². The summed E-state index contributed by atoms with van der Waals surface area (Å²) in [6, 6.07) is 6.57. The summed E-state index contributed by atoms with van der Waals surface area (Å²) in [7, 11) is 0. The molecule has 11 nitrogen and oxygen atoms in total. The summed E-state index contributed by atoms with van der Waals surface area (Å²) in [5, 5.41) is 0. The topological polar surface area (TPSA) is 127 Å². The molecule has 2 aliphatic rings. The Morgan fingerprint density at radius 2 is 1.38 bits per heavy atom. The fourth-order valence-electron chi connectivity index (χ4n) is 3.99. The molecule has 2 aliphatic heterocycles. The average Bonchev–Trinajstić information content (AvgIpc) is 2.92. The maximum atomic E-state index is 12.6. The highest BCUT2D eigenvalue weighted by atomic mass is 16.7. The standard InChI is InChI=1S/C28H37NO10/c1-20(2)27(32)36-15-16-37-28(33)22-11-9-21(10-12-22)17-29(18-23(30)38-25-7-3-5-13-34-25)19-24(31)39-26-8-4-6-14-35-26/h9-12,25-26H,1,3-8,13-19H2,2H3. The van der Waals surface area contributed by atoms with Gasteiger partial charge in [0.2, 0.25) is 12.6 Å². The van der Waals surface area contributed by atoms with E-state index in [2.05, 4.69) is 6.58 Å². The molecule has 2 saturated heterocycles. The van der Waals surface area contributed by atoms with Gasteiger partial charge in [-0.2, -0.15) is 0 Å². The molecule has 0 saturated carbocycles. The minimum Gasteiger partial charge on any atom is -0.459 e. The number of nitrogens with zero attached hydrogens (tertiary/aromatic N) is 1. The predicted molar refractivity (Wildman–Crippen MR) is 137 cm³/mol. The van der Waals surface area contributed by atoms with Gasteiger partial charge in [-0.05, 0) is 50.3 Å². The quantitative estimate of drug-likeness (QED) is 0.157. The molecule has 0 bridgehead atoms. The van der Waals surface area contributed by atoms with Crippen LogP contribution in [0.3, 0.4) is 0 Å². The van der Waals surface area contributed by atoms with Gasteiger partial charge in [-0.1, -0.05) is 18.7 Å². The van der Waals surface area contributed by atoms with Crippen molar-refractivity contribution in [1.29, 1.82) is 0 Å². The number of ether oxygens (including phenoxy) is 6. The highest BCUT2D eigenvalue weighted by molar-refractivity contribution is 5.89. The Kier molecular flexibility index (Phi) is 12.4. The van der Waals surface area contributed by atoms with Crippen LogP contribution in [0.1, 0.15) is 61.4 Å². The van der Waals surface area contributed by atoms with E-state index >= 15 is 0 Å². The summed E-state index contributed by atoms with van der Waals surface area (Å²) in [6.45, 7) is 5.87. The van der Waals surface area contributed by atoms with Crippen LogP contribution < -0.4 is 0 Å². The van der Waals surface area contributed by atoms with Crippen LogP contribution in [0.15, 0.2) is 36.4 Å². The monoisotopic (exact) mass is 547 g/mol. The fraction of sp³-hybridized carbons (Fsp3) is 0.571. The molecule has 2 atom stereocenters. The number of hydrogen-bond donors (Lipinski definition) is 0. The van der Waals surface area contributed by atoms with Crippen LogP contribution in [0.2, 0.25) is 0 Å². The summed E-state index contributed by atoms with van der Waals surface area (Å²) in [5.74, 6) is -2.13. The highest BCUT2D eigenvalue weighted by Crippen LogP contribution is 2.16. The van der Waals surface area contributed by atoms with Crippen molar-refractivity contribution in [1.82, 2.24) is 4.90 Å². The molecule has 0 spiro atoms. The van der Waals surface area contributed by atoms with E-state index in [9.17, 15) is 19.2 Å². The Labute approximate surface area is 228 Å². The van der Waals surface area contributed by atoms with E-state index in [0.29, 0.717) is 31.6 Å². The molecule has 2 fully saturated rings. The lowest BCUT2D eigenvalue weighted by Crippen LogP contribution is -2.39. The van der Waals surface area contributed by atoms with Gasteiger partial charge in [-0.3, -0.25) is 14.5 Å². The molecule has 2 unspecified atom stereocenters. The average molecular weight is 548 g/mol. The van der Waals surface area contributed by atoms with Crippen molar-refractivity contribution in [3.63, 3.8) is 0 Å². The summed E-state index contributed by atoms with van der Waals surface area (Å²) >= 11 is 0. The lowest BCUT2D eigenvalue weighted by atomic mass is 10.1. The fourth-order valence-corrected chi connectivity index (χ4v) is 3.99. The Morgan fingerprint density at radius 1 is 0.846 bits per heavy atom. The summed E-state index contributed by atoms with van der Waals surface area (Å²) < 4.78 is 31.9. The first-order valence-corrected chi connectivity index (χ1v) is 13.2. The molecule has 0 aromatic heterocycles. The molecule has 11 heteroatoms. The highest BCUT2D eigenvalue weighted by Gasteiger charge is 2.24. The van der Waals surface area contributed by atoms with Crippen molar-refractivity contribution in [2.45, 2.75) is 64.6 Å². The summed E-state index contributed by atoms with van der Waals surface area (Å²) in [4.78, 5) is 50.5. The Bertz CT molecular complexity index is 947. The first-order valence-electron chi connectivity index (χ1n) is 13.2. The van der Waals surface area contributed by atoms with Gasteiger partial charge in [0.15, 0.2) is 0 Å². The van der Waals surface area contributed by atoms with E-state index in [1.165, 1.54) is 6.92 Å². The van der Waals surface area contributed by atoms with Gasteiger partial charge >= 0.3 is 23.9 Å². The lowest BCUT2D eigenvalue weighted by molar-refractivity contribution is -0.191. The molecular weight excluding hydrogens is 510 g/mol. The molecular formula is C28H37NO10. The second kappa shape index (κ2) is 16.0. The van der Waals surface area contributed by atoms with Gasteiger partial charge in [0.1, 0.15) is 13.2 Å². The summed E-state index contributed by atoms with van der Waals surface area (Å²) in [6.07, 6.45) is 3.83. The third kappa shape index (κ3) is 11.2. The van der Waals surface area contributed by atoms with Gasteiger partial charge in [-0.25, -0.2) is 9.59 Å². The van der Waals surface area contributed by atoms with Crippen LogP contribution in [0.4, 0.5) is 0 Å². The van der Waals surface area contributed by atoms with E-state index in [0.717, 1.165) is 31.2 Å². The van der Waals surface area contributed by atoms with Gasteiger partial charge in [-0.15, -0.1) is 0 Å². The van der Waals surface area contributed by atoms with Crippen LogP contribution in [-0.2, 0) is 49.3 Å². The number of esters is 4. The summed E-state index contributed by atoms with van der Waals surface area (Å²) in [5.41, 5.74) is 1.32. The third-order valence-corrected chi connectivity index (χ3v) is 6.00. The first-order chi connectivity index (χ1) is 18.8. The zero-order chi connectivity index (χ0) is 28.0. The maximum Gasteiger partial charge on any atom is 0.338 e. The number of hydrogen-bond acceptors (Lipinski definition) is 11. The SMILES string of the molecule is C=C(C)C(=O)OCCOC(=O)c1ccc(CN(CC(=O)OC2CCCCO2)CC(=O)OC2CCCCO2)cc1. The van der Waals surface area contributed by atoms with E-state index in [1.54, 1.807) is 29.2 Å². The minimum absolute atomic E-state index is 0.0749. The van der Waals surface area contributed by atoms with Gasteiger partial charge < -0.3 is 28.4 Å². The molecule has 2 heterocycles. The van der Waals surface area contributed by atoms with Crippen LogP contribution in [0.25, 0.3) is 0 Å². The van der Waals surface area contributed by atoms with Crippen molar-refractivity contribution in [3.8, 4) is 0 Å². The van der Waals surface area contributed by atoms with Crippen molar-refractivity contribution in [3.05, 3.63) is 47.5 Å². The van der Waals surface area contributed by atoms with Crippen LogP contribution in [-0.4, -0.2) is 80.9 Å². The van der Waals surface area contributed by atoms with E-state index < -0.39 is 36.5 Å². The van der Waals surface area contributed by atoms with Gasteiger partial charge in [0.25, 0.3) is 0 Å². The van der Waals surface area contributed by atoms with E-state index in [1.807, 2.05) is 0 Å². The first kappa shape index (κ1) is 30.3. The van der Waals surface area contributed by atoms with E-state index in [-0.39, 0.29) is 38.4 Å². The zero-order valence-corrected chi connectivity index (χ0v) is 22.4. The molecule has 1 aromatic carbocycles. The van der Waals surface area contributed by atoms with Crippen LogP contribution >= 0.6 is 0 Å². The molecule has 3 rings (SSSR count). The predicted octanol–water partition coefficient (Wildman–Crippen LogP) is 2.90. The molecule has 0 N–H and O–H groups in total. The Balaban J connectivity index is 1.54. The molecule has 0 aliphatic carbocycles. The number of carbonyl (C=O) groups is 4. The molecule has 214 valence electrons. The Hall–Kier alpha value is -3.28. The third-order valence-electron chi connectivity index (χ3n) is 6.00. The second-order valence-corrected chi connectivity index (χ2v) is 9.47. The number of carbonyl (C=O) groups excluding carboxylic acids is 4. The largest absolute Gasteiger partial charge is 0.459 e. The minimum atomic E-state index is -0.578. The molecule has 0 radical (unpaired) electrons. The van der Waals surface area contributed by atoms with Gasteiger partial charge in [0.05, 0.1) is 31.9 Å². The number of benzene rings is 1. The maximum absolute atomic E-state index is 12.6. The lowest BCUT2D eigenvalue weighted by Gasteiger charge is -2.26. The van der Waals surface area contributed by atoms with E-state index in [4.69, 9.17) is 28.4 Å².